The molecule has 1 aromatic carbocycles. The average Bonchev–Trinajstić information content (AvgIpc) is 3.03. The normalized spacial score (nSPS) is 15.2. The zero-order chi connectivity index (χ0) is 11.5. The standard InChI is InChI=1S/C12H14N2O2/c13-9-2-5-11(15)8(7-9)1-6-12(16)14-10-3-4-10/h1-2,5-7,10,15H,3-4,13H2,(H,14,16). The van der Waals surface area contributed by atoms with Crippen LogP contribution in [0.4, 0.5) is 5.69 Å². The first-order valence-corrected chi connectivity index (χ1v) is 5.22. The average molecular weight is 218 g/mol. The summed E-state index contributed by atoms with van der Waals surface area (Å²) < 4.78 is 0. The van der Waals surface area contributed by atoms with Gasteiger partial charge in [-0.15, -0.1) is 0 Å². The number of hydrogen-bond acceptors (Lipinski definition) is 3. The first-order chi connectivity index (χ1) is 7.65. The zero-order valence-electron chi connectivity index (χ0n) is 8.81. The van der Waals surface area contributed by atoms with Crippen LogP contribution in [0, 0.1) is 0 Å². The van der Waals surface area contributed by atoms with Gasteiger partial charge in [0.25, 0.3) is 0 Å². The number of anilines is 1. The molecular weight excluding hydrogens is 204 g/mol. The fourth-order valence-corrected chi connectivity index (χ4v) is 1.35. The van der Waals surface area contributed by atoms with Gasteiger partial charge >= 0.3 is 0 Å². The molecule has 2 rings (SSSR count). The largest absolute Gasteiger partial charge is 0.507 e. The Morgan fingerprint density at radius 2 is 2.25 bits per heavy atom. The summed E-state index contributed by atoms with van der Waals surface area (Å²) in [6.07, 6.45) is 5.09. The maximum absolute atomic E-state index is 11.4. The van der Waals surface area contributed by atoms with Gasteiger partial charge in [0, 0.05) is 23.4 Å². The monoisotopic (exact) mass is 218 g/mol. The Labute approximate surface area is 93.8 Å². The molecule has 1 aliphatic carbocycles. The second-order valence-electron chi connectivity index (χ2n) is 3.93. The van der Waals surface area contributed by atoms with Gasteiger partial charge in [0.1, 0.15) is 5.75 Å². The number of amides is 1. The molecule has 1 amide bonds. The molecule has 0 radical (unpaired) electrons. The lowest BCUT2D eigenvalue weighted by Gasteiger charge is -2.01. The van der Waals surface area contributed by atoms with Crippen molar-refractivity contribution in [3.8, 4) is 5.75 Å². The summed E-state index contributed by atoms with van der Waals surface area (Å²) in [7, 11) is 0. The van der Waals surface area contributed by atoms with Crippen molar-refractivity contribution >= 4 is 17.7 Å². The van der Waals surface area contributed by atoms with Crippen molar-refractivity contribution in [3.63, 3.8) is 0 Å². The maximum atomic E-state index is 11.4. The lowest BCUT2D eigenvalue weighted by Crippen LogP contribution is -2.22. The van der Waals surface area contributed by atoms with Gasteiger partial charge in [0.05, 0.1) is 0 Å². The fraction of sp³-hybridized carbons (Fsp3) is 0.250. The number of phenolic OH excluding ortho intramolecular Hbond substituents is 1. The van der Waals surface area contributed by atoms with Crippen LogP contribution in [0.15, 0.2) is 24.3 Å². The third kappa shape index (κ3) is 2.76. The molecule has 0 aromatic heterocycles. The molecule has 0 spiro atoms. The topological polar surface area (TPSA) is 75.3 Å². The highest BCUT2D eigenvalue weighted by Gasteiger charge is 2.21. The molecule has 1 aromatic rings. The number of benzene rings is 1. The summed E-state index contributed by atoms with van der Waals surface area (Å²) >= 11 is 0. The molecule has 1 aliphatic rings. The summed E-state index contributed by atoms with van der Waals surface area (Å²) in [6.45, 7) is 0. The van der Waals surface area contributed by atoms with Crippen molar-refractivity contribution in [2.24, 2.45) is 0 Å². The molecule has 84 valence electrons. The van der Waals surface area contributed by atoms with Gasteiger partial charge < -0.3 is 16.2 Å². The van der Waals surface area contributed by atoms with E-state index < -0.39 is 0 Å². The predicted molar refractivity (Wildman–Crippen MR) is 62.7 cm³/mol. The van der Waals surface area contributed by atoms with Crippen LogP contribution in [0.25, 0.3) is 6.08 Å². The molecule has 0 bridgehead atoms. The van der Waals surface area contributed by atoms with E-state index in [0.29, 0.717) is 17.3 Å². The van der Waals surface area contributed by atoms with E-state index in [-0.39, 0.29) is 11.7 Å². The van der Waals surface area contributed by atoms with Crippen LogP contribution in [0.5, 0.6) is 5.75 Å². The van der Waals surface area contributed by atoms with E-state index in [2.05, 4.69) is 5.32 Å². The molecule has 4 nitrogen and oxygen atoms in total. The molecule has 1 saturated carbocycles. The SMILES string of the molecule is Nc1ccc(O)c(C=CC(=O)NC2CC2)c1. The number of nitrogen functional groups attached to an aromatic ring is 1. The highest BCUT2D eigenvalue weighted by Crippen LogP contribution is 2.21. The second kappa shape index (κ2) is 4.26. The molecule has 16 heavy (non-hydrogen) atoms. The van der Waals surface area contributed by atoms with Crippen LogP contribution < -0.4 is 11.1 Å². The van der Waals surface area contributed by atoms with Gasteiger partial charge in [-0.2, -0.15) is 0 Å². The Hall–Kier alpha value is -1.97. The molecule has 0 saturated heterocycles. The van der Waals surface area contributed by atoms with Crippen molar-refractivity contribution in [3.05, 3.63) is 29.8 Å². The van der Waals surface area contributed by atoms with Gasteiger partial charge in [-0.3, -0.25) is 4.79 Å². The van der Waals surface area contributed by atoms with Gasteiger partial charge in [-0.25, -0.2) is 0 Å². The van der Waals surface area contributed by atoms with E-state index in [1.54, 1.807) is 18.2 Å². The Balaban J connectivity index is 2.03. The highest BCUT2D eigenvalue weighted by molar-refractivity contribution is 5.92. The number of carbonyl (C=O) groups excluding carboxylic acids is 1. The molecule has 0 atom stereocenters. The second-order valence-corrected chi connectivity index (χ2v) is 3.93. The van der Waals surface area contributed by atoms with Crippen LogP contribution in [0.2, 0.25) is 0 Å². The number of nitrogens with one attached hydrogen (secondary N) is 1. The van der Waals surface area contributed by atoms with Crippen molar-refractivity contribution in [1.82, 2.24) is 5.32 Å². The smallest absolute Gasteiger partial charge is 0.244 e. The van der Waals surface area contributed by atoms with Crippen molar-refractivity contribution in [2.45, 2.75) is 18.9 Å². The van der Waals surface area contributed by atoms with E-state index in [4.69, 9.17) is 5.73 Å². The first-order valence-electron chi connectivity index (χ1n) is 5.22. The van der Waals surface area contributed by atoms with E-state index in [9.17, 15) is 9.90 Å². The van der Waals surface area contributed by atoms with Gasteiger partial charge in [-0.1, -0.05) is 0 Å². The summed E-state index contributed by atoms with van der Waals surface area (Å²) in [5, 5.41) is 12.3. The number of aromatic hydroxyl groups is 1. The molecule has 4 heteroatoms. The molecule has 1 fully saturated rings. The van der Waals surface area contributed by atoms with Crippen molar-refractivity contribution in [2.75, 3.05) is 5.73 Å². The first kappa shape index (κ1) is 10.5. The number of hydrogen-bond donors (Lipinski definition) is 3. The number of rotatable bonds is 3. The molecule has 4 N–H and O–H groups in total. The number of carbonyl (C=O) groups is 1. The van der Waals surface area contributed by atoms with Crippen molar-refractivity contribution < 1.29 is 9.90 Å². The van der Waals surface area contributed by atoms with E-state index in [0.717, 1.165) is 12.8 Å². The van der Waals surface area contributed by atoms with Crippen LogP contribution in [-0.2, 0) is 4.79 Å². The van der Waals surface area contributed by atoms with Crippen LogP contribution in [0.1, 0.15) is 18.4 Å². The Bertz CT molecular complexity index is 437. The summed E-state index contributed by atoms with van der Waals surface area (Å²) in [4.78, 5) is 11.4. The Kier molecular flexibility index (Phi) is 2.81. The lowest BCUT2D eigenvalue weighted by molar-refractivity contribution is -0.116. The summed E-state index contributed by atoms with van der Waals surface area (Å²) in [5.41, 5.74) is 6.68. The Morgan fingerprint density at radius 1 is 1.50 bits per heavy atom. The lowest BCUT2D eigenvalue weighted by atomic mass is 10.1. The van der Waals surface area contributed by atoms with E-state index in [1.807, 2.05) is 0 Å². The maximum Gasteiger partial charge on any atom is 0.244 e. The number of nitrogens with two attached hydrogens (primary N) is 1. The van der Waals surface area contributed by atoms with Crippen LogP contribution in [0.3, 0.4) is 0 Å². The minimum Gasteiger partial charge on any atom is -0.507 e. The van der Waals surface area contributed by atoms with Gasteiger partial charge in [-0.05, 0) is 37.1 Å². The zero-order valence-corrected chi connectivity index (χ0v) is 8.81. The van der Waals surface area contributed by atoms with Gasteiger partial charge in [0.15, 0.2) is 0 Å². The highest BCUT2D eigenvalue weighted by atomic mass is 16.3. The Morgan fingerprint density at radius 3 is 2.94 bits per heavy atom. The molecular formula is C12H14N2O2. The fourth-order valence-electron chi connectivity index (χ4n) is 1.35. The van der Waals surface area contributed by atoms with E-state index >= 15 is 0 Å². The van der Waals surface area contributed by atoms with E-state index in [1.165, 1.54) is 12.1 Å². The van der Waals surface area contributed by atoms with Crippen LogP contribution in [-0.4, -0.2) is 17.1 Å². The minimum atomic E-state index is -0.135. The summed E-state index contributed by atoms with van der Waals surface area (Å²) in [6, 6.07) is 5.08. The molecule has 0 unspecified atom stereocenters. The molecule has 0 aliphatic heterocycles. The third-order valence-electron chi connectivity index (χ3n) is 2.39. The third-order valence-corrected chi connectivity index (χ3v) is 2.39. The van der Waals surface area contributed by atoms with Crippen LogP contribution >= 0.6 is 0 Å². The minimum absolute atomic E-state index is 0.115. The predicted octanol–water partition coefficient (Wildman–Crippen LogP) is 1.27. The summed E-state index contributed by atoms with van der Waals surface area (Å²) in [5.74, 6) is -0.0194. The number of phenols is 1. The van der Waals surface area contributed by atoms with Gasteiger partial charge in [0.2, 0.25) is 5.91 Å². The van der Waals surface area contributed by atoms with Crippen molar-refractivity contribution in [1.29, 1.82) is 0 Å². The molecule has 0 heterocycles. The quantitative estimate of drug-likeness (QED) is 0.406.